The van der Waals surface area contributed by atoms with Crippen molar-refractivity contribution < 1.29 is 9.63 Å². The first-order valence-electron chi connectivity index (χ1n) is 3.94. The van der Waals surface area contributed by atoms with Crippen LogP contribution in [0.3, 0.4) is 0 Å². The highest BCUT2D eigenvalue weighted by atomic mass is 16.5. The third kappa shape index (κ3) is 2.64. The minimum Gasteiger partial charge on any atom is -0.395 e. The van der Waals surface area contributed by atoms with Gasteiger partial charge in [0, 0.05) is 12.6 Å². The molecule has 0 saturated carbocycles. The Balaban J connectivity index is 2.41. The maximum atomic E-state index is 8.63. The molecule has 0 aliphatic carbocycles. The standard InChI is InChI=1S/C8H14N2O2/c1-7-5-8(12-9-7)6-10(2)3-4-11/h5,11H,3-4,6H2,1-2H3. The first-order valence-corrected chi connectivity index (χ1v) is 3.94. The van der Waals surface area contributed by atoms with Gasteiger partial charge in [-0.25, -0.2) is 0 Å². The van der Waals surface area contributed by atoms with Gasteiger partial charge in [-0.15, -0.1) is 0 Å². The maximum absolute atomic E-state index is 8.63. The van der Waals surface area contributed by atoms with E-state index in [1.165, 1.54) is 0 Å². The average Bonchev–Trinajstić information content (AvgIpc) is 2.36. The molecule has 0 spiro atoms. The lowest BCUT2D eigenvalue weighted by Gasteiger charge is -2.11. The van der Waals surface area contributed by atoms with Crippen LogP contribution in [0.25, 0.3) is 0 Å². The highest BCUT2D eigenvalue weighted by molar-refractivity contribution is 5.02. The molecular formula is C8H14N2O2. The minimum absolute atomic E-state index is 0.170. The molecule has 4 nitrogen and oxygen atoms in total. The van der Waals surface area contributed by atoms with Crippen molar-refractivity contribution in [3.05, 3.63) is 17.5 Å². The van der Waals surface area contributed by atoms with Crippen LogP contribution in [0.4, 0.5) is 0 Å². The van der Waals surface area contributed by atoms with Gasteiger partial charge in [0.2, 0.25) is 0 Å². The number of rotatable bonds is 4. The first kappa shape index (κ1) is 9.22. The molecule has 4 heteroatoms. The van der Waals surface area contributed by atoms with Gasteiger partial charge in [-0.2, -0.15) is 0 Å². The molecule has 68 valence electrons. The second-order valence-corrected chi connectivity index (χ2v) is 2.90. The summed E-state index contributed by atoms with van der Waals surface area (Å²) in [6.45, 7) is 3.41. The van der Waals surface area contributed by atoms with Crippen molar-refractivity contribution in [2.45, 2.75) is 13.5 Å². The van der Waals surface area contributed by atoms with Crippen molar-refractivity contribution in [3.63, 3.8) is 0 Å². The molecule has 0 bridgehead atoms. The van der Waals surface area contributed by atoms with E-state index < -0.39 is 0 Å². The van der Waals surface area contributed by atoms with E-state index >= 15 is 0 Å². The zero-order chi connectivity index (χ0) is 8.97. The average molecular weight is 170 g/mol. The molecule has 1 rings (SSSR count). The highest BCUT2D eigenvalue weighted by Gasteiger charge is 2.03. The van der Waals surface area contributed by atoms with E-state index in [0.29, 0.717) is 13.1 Å². The molecule has 1 aromatic rings. The van der Waals surface area contributed by atoms with Crippen LogP contribution in [0.15, 0.2) is 10.6 Å². The normalized spacial score (nSPS) is 11.0. The first-order chi connectivity index (χ1) is 5.72. The van der Waals surface area contributed by atoms with E-state index in [0.717, 1.165) is 11.5 Å². The second kappa shape index (κ2) is 4.23. The van der Waals surface area contributed by atoms with Gasteiger partial charge in [-0.05, 0) is 14.0 Å². The number of hydrogen-bond donors (Lipinski definition) is 1. The SMILES string of the molecule is Cc1cc(CN(C)CCO)on1. The zero-order valence-corrected chi connectivity index (χ0v) is 7.45. The van der Waals surface area contributed by atoms with Crippen molar-refractivity contribution in [1.29, 1.82) is 0 Å². The highest BCUT2D eigenvalue weighted by Crippen LogP contribution is 2.04. The summed E-state index contributed by atoms with van der Waals surface area (Å²) < 4.78 is 5.01. The van der Waals surface area contributed by atoms with E-state index in [-0.39, 0.29) is 6.61 Å². The van der Waals surface area contributed by atoms with Gasteiger partial charge in [0.05, 0.1) is 18.8 Å². The molecule has 1 N–H and O–H groups in total. The summed E-state index contributed by atoms with van der Waals surface area (Å²) in [5, 5.41) is 12.4. The summed E-state index contributed by atoms with van der Waals surface area (Å²) in [7, 11) is 1.92. The third-order valence-corrected chi connectivity index (χ3v) is 1.58. The molecule has 0 unspecified atom stereocenters. The fourth-order valence-electron chi connectivity index (χ4n) is 1.01. The molecule has 1 heterocycles. The molecule has 12 heavy (non-hydrogen) atoms. The molecule has 0 amide bonds. The van der Waals surface area contributed by atoms with Crippen LogP contribution < -0.4 is 0 Å². The van der Waals surface area contributed by atoms with Gasteiger partial charge in [-0.1, -0.05) is 5.16 Å². The molecule has 0 atom stereocenters. The topological polar surface area (TPSA) is 49.5 Å². The number of likely N-dealkylation sites (N-methyl/N-ethyl adjacent to an activating group) is 1. The number of nitrogens with zero attached hydrogens (tertiary/aromatic N) is 2. The Morgan fingerprint density at radius 1 is 1.67 bits per heavy atom. The largest absolute Gasteiger partial charge is 0.395 e. The third-order valence-electron chi connectivity index (χ3n) is 1.58. The Hall–Kier alpha value is -0.870. The predicted octanol–water partition coefficient (Wildman–Crippen LogP) is 0.407. The van der Waals surface area contributed by atoms with Crippen molar-refractivity contribution in [2.24, 2.45) is 0 Å². The molecule has 1 aromatic heterocycles. The van der Waals surface area contributed by atoms with E-state index in [9.17, 15) is 0 Å². The Kier molecular flexibility index (Phi) is 3.25. The van der Waals surface area contributed by atoms with Crippen molar-refractivity contribution in [1.82, 2.24) is 10.1 Å². The van der Waals surface area contributed by atoms with Crippen LogP contribution in [-0.2, 0) is 6.54 Å². The predicted molar refractivity (Wildman–Crippen MR) is 44.7 cm³/mol. The van der Waals surface area contributed by atoms with Crippen LogP contribution >= 0.6 is 0 Å². The molecule has 0 radical (unpaired) electrons. The maximum Gasteiger partial charge on any atom is 0.150 e. The van der Waals surface area contributed by atoms with Crippen LogP contribution in [0.1, 0.15) is 11.5 Å². The Morgan fingerprint density at radius 3 is 2.92 bits per heavy atom. The summed E-state index contributed by atoms with van der Waals surface area (Å²) in [6, 6.07) is 1.90. The molecule has 0 aliphatic heterocycles. The van der Waals surface area contributed by atoms with Gasteiger partial charge in [0.1, 0.15) is 0 Å². The molecule has 0 aliphatic rings. The number of aromatic nitrogens is 1. The lowest BCUT2D eigenvalue weighted by atomic mass is 10.3. The summed E-state index contributed by atoms with van der Waals surface area (Å²) >= 11 is 0. The van der Waals surface area contributed by atoms with Crippen LogP contribution in [-0.4, -0.2) is 35.4 Å². The lowest BCUT2D eigenvalue weighted by molar-refractivity contribution is 0.203. The summed E-state index contributed by atoms with van der Waals surface area (Å²) in [6.07, 6.45) is 0. The summed E-state index contributed by atoms with van der Waals surface area (Å²) in [4.78, 5) is 1.97. The Labute approximate surface area is 71.8 Å². The molecule has 0 saturated heterocycles. The van der Waals surface area contributed by atoms with E-state index in [1.807, 2.05) is 24.9 Å². The number of aliphatic hydroxyl groups is 1. The number of aliphatic hydroxyl groups excluding tert-OH is 1. The molecular weight excluding hydrogens is 156 g/mol. The number of aryl methyl sites for hydroxylation is 1. The van der Waals surface area contributed by atoms with E-state index in [2.05, 4.69) is 5.16 Å². The van der Waals surface area contributed by atoms with Crippen molar-refractivity contribution in [2.75, 3.05) is 20.2 Å². The fourth-order valence-corrected chi connectivity index (χ4v) is 1.01. The van der Waals surface area contributed by atoms with E-state index in [1.54, 1.807) is 0 Å². The fraction of sp³-hybridized carbons (Fsp3) is 0.625. The smallest absolute Gasteiger partial charge is 0.150 e. The minimum atomic E-state index is 0.170. The zero-order valence-electron chi connectivity index (χ0n) is 7.45. The van der Waals surface area contributed by atoms with Gasteiger partial charge in [0.15, 0.2) is 5.76 Å². The van der Waals surface area contributed by atoms with Crippen LogP contribution in [0, 0.1) is 6.92 Å². The van der Waals surface area contributed by atoms with Crippen molar-refractivity contribution >= 4 is 0 Å². The number of hydrogen-bond acceptors (Lipinski definition) is 4. The van der Waals surface area contributed by atoms with Crippen molar-refractivity contribution in [3.8, 4) is 0 Å². The lowest BCUT2D eigenvalue weighted by Crippen LogP contribution is -2.21. The van der Waals surface area contributed by atoms with Crippen LogP contribution in [0.2, 0.25) is 0 Å². The van der Waals surface area contributed by atoms with E-state index in [4.69, 9.17) is 9.63 Å². The van der Waals surface area contributed by atoms with Gasteiger partial charge in [-0.3, -0.25) is 4.90 Å². The summed E-state index contributed by atoms with van der Waals surface area (Å²) in [5.74, 6) is 0.837. The monoisotopic (exact) mass is 170 g/mol. The van der Waals surface area contributed by atoms with Gasteiger partial charge in [0.25, 0.3) is 0 Å². The van der Waals surface area contributed by atoms with Gasteiger partial charge < -0.3 is 9.63 Å². The van der Waals surface area contributed by atoms with Gasteiger partial charge >= 0.3 is 0 Å². The Bertz CT molecular complexity index is 235. The quantitative estimate of drug-likeness (QED) is 0.711. The second-order valence-electron chi connectivity index (χ2n) is 2.90. The Morgan fingerprint density at radius 2 is 2.42 bits per heavy atom. The molecule has 0 aromatic carbocycles. The van der Waals surface area contributed by atoms with Crippen LogP contribution in [0.5, 0.6) is 0 Å². The molecule has 0 fully saturated rings. The summed E-state index contributed by atoms with van der Waals surface area (Å²) in [5.41, 5.74) is 0.891.